The van der Waals surface area contributed by atoms with Crippen LogP contribution in [0.5, 0.6) is 11.5 Å². The number of nitrogens with one attached hydrogen (secondary N) is 1. The third-order valence-electron chi connectivity index (χ3n) is 4.27. The highest BCUT2D eigenvalue weighted by Gasteiger charge is 2.32. The van der Waals surface area contributed by atoms with Crippen LogP contribution >= 0.6 is 0 Å². The molecule has 0 spiro atoms. The number of aliphatic carboxylic acids is 1. The van der Waals surface area contributed by atoms with Crippen LogP contribution in [-0.4, -0.2) is 49.3 Å². The van der Waals surface area contributed by atoms with Gasteiger partial charge in [-0.3, -0.25) is 4.79 Å². The highest BCUT2D eigenvalue weighted by molar-refractivity contribution is 5.91. The molecule has 0 saturated carbocycles. The Morgan fingerprint density at radius 1 is 1.21 bits per heavy atom. The molecule has 24 heavy (non-hydrogen) atoms. The minimum Gasteiger partial charge on any atom is -0.493 e. The summed E-state index contributed by atoms with van der Waals surface area (Å²) in [6, 6.07) is 3.18. The fraction of sp³-hybridized carbons (Fsp3) is 0.529. The zero-order chi connectivity index (χ0) is 17.9. The summed E-state index contributed by atoms with van der Waals surface area (Å²) in [6.45, 7) is 4.58. The molecule has 7 heteroatoms. The normalized spacial score (nSPS) is 20.4. The van der Waals surface area contributed by atoms with Crippen molar-refractivity contribution >= 4 is 17.7 Å². The van der Waals surface area contributed by atoms with E-state index in [1.54, 1.807) is 24.1 Å². The number of carboxylic acids is 1. The van der Waals surface area contributed by atoms with Crippen molar-refractivity contribution in [3.63, 3.8) is 0 Å². The van der Waals surface area contributed by atoms with Crippen LogP contribution in [0.4, 0.5) is 10.5 Å². The van der Waals surface area contributed by atoms with Gasteiger partial charge in [0, 0.05) is 24.8 Å². The second kappa shape index (κ2) is 7.42. The number of aryl methyl sites for hydroxylation is 1. The van der Waals surface area contributed by atoms with E-state index in [0.29, 0.717) is 30.2 Å². The number of carboxylic acid groups (broad SMARTS) is 1. The second-order valence-corrected chi connectivity index (χ2v) is 6.23. The number of likely N-dealkylation sites (tertiary alicyclic amines) is 1. The largest absolute Gasteiger partial charge is 0.493 e. The van der Waals surface area contributed by atoms with Crippen molar-refractivity contribution < 1.29 is 24.2 Å². The molecule has 132 valence electrons. The minimum absolute atomic E-state index is 0.150. The predicted octanol–water partition coefficient (Wildman–Crippen LogP) is 2.59. The van der Waals surface area contributed by atoms with Gasteiger partial charge in [0.25, 0.3) is 0 Å². The summed E-state index contributed by atoms with van der Waals surface area (Å²) >= 11 is 0. The molecule has 1 aliphatic heterocycles. The van der Waals surface area contributed by atoms with E-state index in [9.17, 15) is 14.7 Å². The summed E-state index contributed by atoms with van der Waals surface area (Å²) in [5.74, 6) is -0.121. The maximum atomic E-state index is 12.5. The van der Waals surface area contributed by atoms with Gasteiger partial charge >= 0.3 is 12.0 Å². The Morgan fingerprint density at radius 3 is 2.42 bits per heavy atom. The van der Waals surface area contributed by atoms with Gasteiger partial charge in [-0.2, -0.15) is 0 Å². The van der Waals surface area contributed by atoms with Gasteiger partial charge < -0.3 is 24.8 Å². The van der Waals surface area contributed by atoms with E-state index >= 15 is 0 Å². The Bertz CT molecular complexity index is 632. The summed E-state index contributed by atoms with van der Waals surface area (Å²) in [7, 11) is 3.08. The van der Waals surface area contributed by atoms with Crippen molar-refractivity contribution in [2.45, 2.75) is 20.3 Å². The van der Waals surface area contributed by atoms with Gasteiger partial charge in [-0.15, -0.1) is 0 Å². The highest BCUT2D eigenvalue weighted by Crippen LogP contribution is 2.33. The highest BCUT2D eigenvalue weighted by atomic mass is 16.5. The zero-order valence-corrected chi connectivity index (χ0v) is 14.5. The maximum Gasteiger partial charge on any atom is 0.321 e. The van der Waals surface area contributed by atoms with Crippen molar-refractivity contribution in [1.29, 1.82) is 0 Å². The second-order valence-electron chi connectivity index (χ2n) is 6.23. The number of benzene rings is 1. The molecule has 1 aliphatic rings. The average Bonchev–Trinajstić information content (AvgIpc) is 2.55. The number of hydrogen-bond donors (Lipinski definition) is 2. The van der Waals surface area contributed by atoms with Crippen LogP contribution in [-0.2, 0) is 4.79 Å². The van der Waals surface area contributed by atoms with Crippen LogP contribution in [0.25, 0.3) is 0 Å². The van der Waals surface area contributed by atoms with Gasteiger partial charge in [-0.1, -0.05) is 6.92 Å². The Balaban J connectivity index is 2.15. The van der Waals surface area contributed by atoms with Gasteiger partial charge in [-0.25, -0.2) is 4.79 Å². The fourth-order valence-corrected chi connectivity index (χ4v) is 3.01. The first kappa shape index (κ1) is 17.9. The molecule has 2 unspecified atom stereocenters. The number of amides is 2. The van der Waals surface area contributed by atoms with Crippen molar-refractivity contribution in [1.82, 2.24) is 4.90 Å². The lowest BCUT2D eigenvalue weighted by atomic mass is 9.91. The maximum absolute atomic E-state index is 12.5. The Hall–Kier alpha value is -2.44. The monoisotopic (exact) mass is 336 g/mol. The summed E-state index contributed by atoms with van der Waals surface area (Å²) in [4.78, 5) is 25.3. The lowest BCUT2D eigenvalue weighted by molar-refractivity contribution is -0.143. The number of rotatable bonds is 4. The first-order valence-corrected chi connectivity index (χ1v) is 7.87. The third-order valence-corrected chi connectivity index (χ3v) is 4.27. The molecule has 1 fully saturated rings. The van der Waals surface area contributed by atoms with Gasteiger partial charge in [-0.05, 0) is 30.9 Å². The standard InChI is InChI=1S/C17H24N2O5/c1-10-5-12(16(20)21)9-19(8-10)17(22)18-13-7-15(24-4)14(23-3)6-11(13)2/h6-7,10,12H,5,8-9H2,1-4H3,(H,18,22)(H,20,21). The summed E-state index contributed by atoms with van der Waals surface area (Å²) in [5.41, 5.74) is 1.45. The van der Waals surface area contributed by atoms with Crippen LogP contribution in [0.3, 0.4) is 0 Å². The van der Waals surface area contributed by atoms with E-state index in [4.69, 9.17) is 9.47 Å². The van der Waals surface area contributed by atoms with Crippen molar-refractivity contribution in [3.8, 4) is 11.5 Å². The van der Waals surface area contributed by atoms with Crippen molar-refractivity contribution in [2.75, 3.05) is 32.6 Å². The number of piperidine rings is 1. The fourth-order valence-electron chi connectivity index (χ4n) is 3.01. The van der Waals surface area contributed by atoms with Gasteiger partial charge in [0.2, 0.25) is 0 Å². The molecule has 0 aliphatic carbocycles. The molecular formula is C17H24N2O5. The van der Waals surface area contributed by atoms with E-state index in [1.165, 1.54) is 7.11 Å². The number of ether oxygens (including phenoxy) is 2. The molecule has 1 aromatic carbocycles. The molecule has 2 atom stereocenters. The third kappa shape index (κ3) is 3.90. The number of carbonyl (C=O) groups excluding carboxylic acids is 1. The number of carbonyl (C=O) groups is 2. The SMILES string of the molecule is COc1cc(C)c(NC(=O)N2CC(C)CC(C(=O)O)C2)cc1OC. The Kier molecular flexibility index (Phi) is 5.54. The lowest BCUT2D eigenvalue weighted by Crippen LogP contribution is -2.47. The van der Waals surface area contributed by atoms with E-state index in [2.05, 4.69) is 5.32 Å². The summed E-state index contributed by atoms with van der Waals surface area (Å²) < 4.78 is 10.5. The first-order chi connectivity index (χ1) is 11.3. The van der Waals surface area contributed by atoms with E-state index in [-0.39, 0.29) is 18.5 Å². The smallest absolute Gasteiger partial charge is 0.321 e. The zero-order valence-electron chi connectivity index (χ0n) is 14.5. The summed E-state index contributed by atoms with van der Waals surface area (Å²) in [6.07, 6.45) is 0.592. The van der Waals surface area contributed by atoms with Gasteiger partial charge in [0.15, 0.2) is 11.5 Å². The quantitative estimate of drug-likeness (QED) is 0.882. The van der Waals surface area contributed by atoms with Gasteiger partial charge in [0.05, 0.1) is 20.1 Å². The van der Waals surface area contributed by atoms with E-state index in [1.807, 2.05) is 13.8 Å². The minimum atomic E-state index is -0.860. The van der Waals surface area contributed by atoms with E-state index < -0.39 is 11.9 Å². The molecule has 2 N–H and O–H groups in total. The molecule has 1 heterocycles. The van der Waals surface area contributed by atoms with Crippen LogP contribution in [0.1, 0.15) is 18.9 Å². The Labute approximate surface area is 141 Å². The number of anilines is 1. The van der Waals surface area contributed by atoms with Gasteiger partial charge in [0.1, 0.15) is 0 Å². The molecule has 7 nitrogen and oxygen atoms in total. The lowest BCUT2D eigenvalue weighted by Gasteiger charge is -2.34. The van der Waals surface area contributed by atoms with Crippen LogP contribution < -0.4 is 14.8 Å². The molecule has 2 rings (SSSR count). The Morgan fingerprint density at radius 2 is 1.83 bits per heavy atom. The molecule has 1 aromatic rings. The molecule has 0 aromatic heterocycles. The first-order valence-electron chi connectivity index (χ1n) is 7.87. The topological polar surface area (TPSA) is 88.1 Å². The summed E-state index contributed by atoms with van der Waals surface area (Å²) in [5, 5.41) is 12.1. The number of hydrogen-bond acceptors (Lipinski definition) is 4. The number of urea groups is 1. The number of nitrogens with zero attached hydrogens (tertiary/aromatic N) is 1. The van der Waals surface area contributed by atoms with E-state index in [0.717, 1.165) is 5.56 Å². The van der Waals surface area contributed by atoms with Crippen molar-refractivity contribution in [3.05, 3.63) is 17.7 Å². The molecule has 1 saturated heterocycles. The predicted molar refractivity (Wildman–Crippen MR) is 89.8 cm³/mol. The van der Waals surface area contributed by atoms with Crippen LogP contribution in [0.2, 0.25) is 0 Å². The molecular weight excluding hydrogens is 312 g/mol. The molecule has 2 amide bonds. The van der Waals surface area contributed by atoms with Crippen molar-refractivity contribution in [2.24, 2.45) is 11.8 Å². The molecule has 0 bridgehead atoms. The van der Waals surface area contributed by atoms with Crippen LogP contribution in [0, 0.1) is 18.8 Å². The van der Waals surface area contributed by atoms with Crippen LogP contribution in [0.15, 0.2) is 12.1 Å². The molecule has 0 radical (unpaired) electrons. The average molecular weight is 336 g/mol. The number of methoxy groups -OCH3 is 2.